The van der Waals surface area contributed by atoms with E-state index in [9.17, 15) is 0 Å². The number of likely N-dealkylation sites (N-methyl/N-ethyl adjacent to an activating group) is 1. The zero-order chi connectivity index (χ0) is 10.8. The fourth-order valence-electron chi connectivity index (χ4n) is 2.03. The molecular formula is C11H18N4. The summed E-state index contributed by atoms with van der Waals surface area (Å²) in [5.41, 5.74) is 6.68. The van der Waals surface area contributed by atoms with Crippen molar-refractivity contribution in [3.63, 3.8) is 0 Å². The predicted molar refractivity (Wildman–Crippen MR) is 63.0 cm³/mol. The van der Waals surface area contributed by atoms with E-state index in [-0.39, 0.29) is 0 Å². The Kier molecular flexibility index (Phi) is 2.77. The molecule has 1 fully saturated rings. The van der Waals surface area contributed by atoms with Crippen LogP contribution >= 0.6 is 0 Å². The Labute approximate surface area is 90.7 Å². The third kappa shape index (κ3) is 2.04. The van der Waals surface area contributed by atoms with Gasteiger partial charge in [-0.05, 0) is 32.6 Å². The highest BCUT2D eigenvalue weighted by molar-refractivity contribution is 5.62. The molecule has 0 saturated carbocycles. The molecule has 0 bridgehead atoms. The van der Waals surface area contributed by atoms with E-state index >= 15 is 0 Å². The molecule has 2 N–H and O–H groups in total. The van der Waals surface area contributed by atoms with Crippen LogP contribution in [0.25, 0.3) is 0 Å². The number of hydrogen-bond acceptors (Lipinski definition) is 4. The number of aromatic nitrogens is 1. The third-order valence-corrected chi connectivity index (χ3v) is 3.01. The van der Waals surface area contributed by atoms with Crippen molar-refractivity contribution in [3.8, 4) is 0 Å². The average molecular weight is 206 g/mol. The molecule has 0 amide bonds. The number of nitrogen functional groups attached to an aromatic ring is 1. The van der Waals surface area contributed by atoms with E-state index in [0.29, 0.717) is 6.04 Å². The Morgan fingerprint density at radius 2 is 2.33 bits per heavy atom. The minimum atomic E-state index is 0.617. The Morgan fingerprint density at radius 1 is 1.53 bits per heavy atom. The van der Waals surface area contributed by atoms with Crippen molar-refractivity contribution in [1.29, 1.82) is 0 Å². The fraction of sp³-hybridized carbons (Fsp3) is 0.545. The minimum Gasteiger partial charge on any atom is -0.396 e. The van der Waals surface area contributed by atoms with Crippen molar-refractivity contribution in [2.75, 3.05) is 37.8 Å². The zero-order valence-electron chi connectivity index (χ0n) is 9.35. The summed E-state index contributed by atoms with van der Waals surface area (Å²) in [6.07, 6.45) is 2.98. The van der Waals surface area contributed by atoms with Crippen molar-refractivity contribution in [2.24, 2.45) is 0 Å². The maximum Gasteiger partial charge on any atom is 0.151 e. The largest absolute Gasteiger partial charge is 0.396 e. The summed E-state index contributed by atoms with van der Waals surface area (Å²) in [6.45, 7) is 2.07. The van der Waals surface area contributed by atoms with Gasteiger partial charge >= 0.3 is 0 Å². The number of rotatable bonds is 2. The maximum atomic E-state index is 5.90. The van der Waals surface area contributed by atoms with Gasteiger partial charge in [0.05, 0.1) is 5.69 Å². The highest BCUT2D eigenvalue weighted by Gasteiger charge is 2.25. The summed E-state index contributed by atoms with van der Waals surface area (Å²) in [5, 5.41) is 0. The molecule has 1 atom stereocenters. The van der Waals surface area contributed by atoms with Crippen molar-refractivity contribution in [1.82, 2.24) is 9.88 Å². The second kappa shape index (κ2) is 4.06. The van der Waals surface area contributed by atoms with Crippen LogP contribution in [0.15, 0.2) is 18.3 Å². The van der Waals surface area contributed by atoms with Gasteiger partial charge in [0.15, 0.2) is 5.82 Å². The van der Waals surface area contributed by atoms with E-state index in [1.54, 1.807) is 6.20 Å². The lowest BCUT2D eigenvalue weighted by molar-refractivity contribution is 0.315. The normalized spacial score (nSPS) is 21.3. The van der Waals surface area contributed by atoms with Crippen LogP contribution < -0.4 is 10.6 Å². The lowest BCUT2D eigenvalue weighted by atomic mass is 10.2. The molecule has 0 radical (unpaired) electrons. The first-order chi connectivity index (χ1) is 7.18. The van der Waals surface area contributed by atoms with E-state index in [2.05, 4.69) is 28.9 Å². The molecule has 4 heteroatoms. The van der Waals surface area contributed by atoms with Crippen LogP contribution in [0.3, 0.4) is 0 Å². The minimum absolute atomic E-state index is 0.617. The van der Waals surface area contributed by atoms with Crippen LogP contribution in [0.1, 0.15) is 6.42 Å². The first-order valence-electron chi connectivity index (χ1n) is 5.30. The molecular weight excluding hydrogens is 188 g/mol. The van der Waals surface area contributed by atoms with Gasteiger partial charge in [0, 0.05) is 25.3 Å². The Balaban J connectivity index is 2.11. The number of nitrogens with zero attached hydrogens (tertiary/aromatic N) is 3. The monoisotopic (exact) mass is 206 g/mol. The van der Waals surface area contributed by atoms with Gasteiger partial charge in [0.1, 0.15) is 0 Å². The van der Waals surface area contributed by atoms with Gasteiger partial charge in [-0.15, -0.1) is 0 Å². The summed E-state index contributed by atoms with van der Waals surface area (Å²) < 4.78 is 0. The van der Waals surface area contributed by atoms with Crippen molar-refractivity contribution < 1.29 is 0 Å². The van der Waals surface area contributed by atoms with Crippen LogP contribution in [-0.2, 0) is 0 Å². The van der Waals surface area contributed by atoms with Gasteiger partial charge in [0.25, 0.3) is 0 Å². The maximum absolute atomic E-state index is 5.90. The molecule has 1 saturated heterocycles. The quantitative estimate of drug-likeness (QED) is 0.777. The Morgan fingerprint density at radius 3 is 2.93 bits per heavy atom. The second-order valence-electron chi connectivity index (χ2n) is 4.27. The first kappa shape index (κ1) is 10.2. The molecule has 82 valence electrons. The summed E-state index contributed by atoms with van der Waals surface area (Å²) >= 11 is 0. The van der Waals surface area contributed by atoms with Crippen LogP contribution in [0, 0.1) is 0 Å². The molecule has 1 aromatic heterocycles. The third-order valence-electron chi connectivity index (χ3n) is 3.01. The van der Waals surface area contributed by atoms with Crippen molar-refractivity contribution in [3.05, 3.63) is 18.3 Å². The lowest BCUT2D eigenvalue weighted by Crippen LogP contribution is -2.31. The lowest BCUT2D eigenvalue weighted by Gasteiger charge is -2.21. The van der Waals surface area contributed by atoms with Gasteiger partial charge < -0.3 is 15.5 Å². The molecule has 2 heterocycles. The number of anilines is 2. The summed E-state index contributed by atoms with van der Waals surface area (Å²) in [6, 6.07) is 4.40. The van der Waals surface area contributed by atoms with Crippen molar-refractivity contribution in [2.45, 2.75) is 12.5 Å². The second-order valence-corrected chi connectivity index (χ2v) is 4.27. The number of pyridine rings is 1. The first-order valence-corrected chi connectivity index (χ1v) is 5.30. The Hall–Kier alpha value is -1.29. The molecule has 0 aliphatic carbocycles. The molecule has 1 aliphatic rings. The summed E-state index contributed by atoms with van der Waals surface area (Å²) in [7, 11) is 4.24. The number of hydrogen-bond donors (Lipinski definition) is 1. The van der Waals surface area contributed by atoms with Crippen LogP contribution in [-0.4, -0.2) is 43.1 Å². The molecule has 2 rings (SSSR count). The SMILES string of the molecule is CN(C)C1CCN(c2ncccc2N)C1. The van der Waals surface area contributed by atoms with E-state index in [1.807, 2.05) is 12.1 Å². The van der Waals surface area contributed by atoms with Gasteiger partial charge in [-0.1, -0.05) is 0 Å². The van der Waals surface area contributed by atoms with E-state index in [1.165, 1.54) is 6.42 Å². The van der Waals surface area contributed by atoms with Gasteiger partial charge in [-0.25, -0.2) is 4.98 Å². The van der Waals surface area contributed by atoms with Crippen LogP contribution in [0.4, 0.5) is 11.5 Å². The molecule has 1 aromatic rings. The highest BCUT2D eigenvalue weighted by atomic mass is 15.3. The van der Waals surface area contributed by atoms with Crippen LogP contribution in [0.2, 0.25) is 0 Å². The van der Waals surface area contributed by atoms with Crippen molar-refractivity contribution >= 4 is 11.5 Å². The standard InChI is InChI=1S/C11H18N4/c1-14(2)9-5-7-15(8-9)11-10(12)4-3-6-13-11/h3-4,6,9H,5,7-8,12H2,1-2H3. The topological polar surface area (TPSA) is 45.4 Å². The van der Waals surface area contributed by atoms with E-state index < -0.39 is 0 Å². The molecule has 4 nitrogen and oxygen atoms in total. The molecule has 1 aliphatic heterocycles. The smallest absolute Gasteiger partial charge is 0.151 e. The zero-order valence-corrected chi connectivity index (χ0v) is 9.35. The summed E-state index contributed by atoms with van der Waals surface area (Å²) in [4.78, 5) is 8.86. The predicted octanol–water partition coefficient (Wildman–Crippen LogP) is 0.804. The average Bonchev–Trinajstić information content (AvgIpc) is 2.67. The van der Waals surface area contributed by atoms with Gasteiger partial charge in [-0.3, -0.25) is 0 Å². The highest BCUT2D eigenvalue weighted by Crippen LogP contribution is 2.24. The van der Waals surface area contributed by atoms with E-state index in [4.69, 9.17) is 5.73 Å². The van der Waals surface area contributed by atoms with E-state index in [0.717, 1.165) is 24.6 Å². The number of nitrogens with two attached hydrogens (primary N) is 1. The van der Waals surface area contributed by atoms with Gasteiger partial charge in [-0.2, -0.15) is 0 Å². The Bertz CT molecular complexity index is 337. The fourth-order valence-corrected chi connectivity index (χ4v) is 2.03. The summed E-state index contributed by atoms with van der Waals surface area (Å²) in [5.74, 6) is 0.932. The van der Waals surface area contributed by atoms with Crippen LogP contribution in [0.5, 0.6) is 0 Å². The molecule has 0 aromatic carbocycles. The molecule has 15 heavy (non-hydrogen) atoms. The molecule has 1 unspecified atom stereocenters. The van der Waals surface area contributed by atoms with Gasteiger partial charge in [0.2, 0.25) is 0 Å². The molecule has 0 spiro atoms.